The van der Waals surface area contributed by atoms with Crippen LogP contribution in [-0.4, -0.2) is 32.1 Å². The quantitative estimate of drug-likeness (QED) is 0.572. The van der Waals surface area contributed by atoms with Crippen LogP contribution in [0.25, 0.3) is 6.08 Å². The van der Waals surface area contributed by atoms with Crippen LogP contribution in [0.2, 0.25) is 0 Å². The van der Waals surface area contributed by atoms with Crippen LogP contribution in [-0.2, 0) is 20.7 Å². The van der Waals surface area contributed by atoms with Crippen LogP contribution in [0.1, 0.15) is 16.7 Å². The van der Waals surface area contributed by atoms with E-state index in [1.54, 1.807) is 6.07 Å². The van der Waals surface area contributed by atoms with Gasteiger partial charge in [0.25, 0.3) is 5.91 Å². The van der Waals surface area contributed by atoms with Gasteiger partial charge in [0.1, 0.15) is 0 Å². The van der Waals surface area contributed by atoms with Crippen LogP contribution >= 0.6 is 0 Å². The molecular weight excluding hydrogens is 349 g/mol. The molecule has 1 amide bonds. The molecule has 2 aromatic rings. The van der Waals surface area contributed by atoms with Gasteiger partial charge in [-0.15, -0.1) is 0 Å². The number of hydrogen-bond acceptors (Lipinski definition) is 4. The number of benzene rings is 2. The molecule has 0 saturated heterocycles. The number of methoxy groups -OCH3 is 1. The summed E-state index contributed by atoms with van der Waals surface area (Å²) in [6.07, 6.45) is 3.25. The number of carbonyl (C=O) groups excluding carboxylic acids is 2. The Hall–Kier alpha value is -3.15. The Morgan fingerprint density at radius 2 is 1.96 bits per heavy atom. The predicted molar refractivity (Wildman–Crippen MR) is 101 cm³/mol. The highest BCUT2D eigenvalue weighted by Gasteiger charge is 2.06. The van der Waals surface area contributed by atoms with Gasteiger partial charge in [-0.25, -0.2) is 9.18 Å². The number of esters is 1. The molecule has 2 rings (SSSR count). The van der Waals surface area contributed by atoms with Gasteiger partial charge >= 0.3 is 5.97 Å². The molecule has 0 spiro atoms. The molecule has 0 aliphatic rings. The highest BCUT2D eigenvalue weighted by atomic mass is 19.1. The maximum atomic E-state index is 13.6. The van der Waals surface area contributed by atoms with E-state index in [9.17, 15) is 14.0 Å². The van der Waals surface area contributed by atoms with Gasteiger partial charge in [-0.1, -0.05) is 30.3 Å². The summed E-state index contributed by atoms with van der Waals surface area (Å²) in [6.45, 7) is 2.11. The molecule has 0 fully saturated rings. The second-order valence-corrected chi connectivity index (χ2v) is 5.86. The Kier molecular flexibility index (Phi) is 7.55. The first-order chi connectivity index (χ1) is 13.0. The number of carbonyl (C=O) groups is 2. The molecule has 27 heavy (non-hydrogen) atoms. The van der Waals surface area contributed by atoms with Crippen molar-refractivity contribution in [1.82, 2.24) is 5.32 Å². The van der Waals surface area contributed by atoms with Crippen molar-refractivity contribution in [2.75, 3.05) is 20.3 Å². The van der Waals surface area contributed by atoms with E-state index in [0.29, 0.717) is 18.5 Å². The summed E-state index contributed by atoms with van der Waals surface area (Å²) >= 11 is 0. The van der Waals surface area contributed by atoms with Crippen LogP contribution in [0, 0.1) is 12.7 Å². The molecule has 142 valence electrons. The molecule has 0 aliphatic carbocycles. The molecule has 5 nitrogen and oxygen atoms in total. The second kappa shape index (κ2) is 10.1. The van der Waals surface area contributed by atoms with Crippen molar-refractivity contribution < 1.29 is 23.5 Å². The smallest absolute Gasteiger partial charge is 0.331 e. The standard InChI is InChI=1S/C21H22FNO4/c1-15-5-3-4-6-17(15)11-12-23-20(24)14-27-21(25)10-8-16-7-9-19(26-2)18(22)13-16/h3-10,13H,11-12,14H2,1-2H3,(H,23,24)/b10-8+. The fourth-order valence-corrected chi connectivity index (χ4v) is 2.41. The van der Waals surface area contributed by atoms with Gasteiger partial charge < -0.3 is 14.8 Å². The molecule has 0 bridgehead atoms. The Morgan fingerprint density at radius 1 is 1.19 bits per heavy atom. The third-order valence-electron chi connectivity index (χ3n) is 3.91. The predicted octanol–water partition coefficient (Wildman–Crippen LogP) is 3.06. The minimum Gasteiger partial charge on any atom is -0.494 e. The monoisotopic (exact) mass is 371 g/mol. The zero-order valence-electron chi connectivity index (χ0n) is 15.3. The van der Waals surface area contributed by atoms with E-state index in [-0.39, 0.29) is 18.3 Å². The van der Waals surface area contributed by atoms with Crippen molar-refractivity contribution in [2.45, 2.75) is 13.3 Å². The SMILES string of the molecule is COc1ccc(/C=C/C(=O)OCC(=O)NCCc2ccccc2C)cc1F. The first-order valence-corrected chi connectivity index (χ1v) is 8.49. The summed E-state index contributed by atoms with van der Waals surface area (Å²) in [5.41, 5.74) is 2.80. The lowest BCUT2D eigenvalue weighted by Crippen LogP contribution is -2.30. The van der Waals surface area contributed by atoms with Gasteiger partial charge in [0.15, 0.2) is 18.2 Å². The van der Waals surface area contributed by atoms with Gasteiger partial charge in [-0.2, -0.15) is 0 Å². The lowest BCUT2D eigenvalue weighted by Gasteiger charge is -2.07. The third-order valence-corrected chi connectivity index (χ3v) is 3.91. The van der Waals surface area contributed by atoms with Gasteiger partial charge in [-0.05, 0) is 48.2 Å². The molecule has 6 heteroatoms. The Labute approximate surface area is 157 Å². The van der Waals surface area contributed by atoms with Gasteiger partial charge in [-0.3, -0.25) is 4.79 Å². The average molecular weight is 371 g/mol. The van der Waals surface area contributed by atoms with Crippen molar-refractivity contribution in [1.29, 1.82) is 0 Å². The molecule has 0 radical (unpaired) electrons. The van der Waals surface area contributed by atoms with Crippen LogP contribution in [0.15, 0.2) is 48.5 Å². The van der Waals surface area contributed by atoms with Crippen molar-refractivity contribution >= 4 is 18.0 Å². The van der Waals surface area contributed by atoms with Crippen molar-refractivity contribution in [3.63, 3.8) is 0 Å². The van der Waals surface area contributed by atoms with E-state index in [0.717, 1.165) is 11.6 Å². The number of hydrogen-bond donors (Lipinski definition) is 1. The van der Waals surface area contributed by atoms with E-state index >= 15 is 0 Å². The number of amides is 1. The summed E-state index contributed by atoms with van der Waals surface area (Å²) in [4.78, 5) is 23.4. The maximum absolute atomic E-state index is 13.6. The first-order valence-electron chi connectivity index (χ1n) is 8.49. The van der Waals surface area contributed by atoms with Gasteiger partial charge in [0.2, 0.25) is 0 Å². The van der Waals surface area contributed by atoms with E-state index in [1.807, 2.05) is 31.2 Å². The summed E-state index contributed by atoms with van der Waals surface area (Å²) in [6, 6.07) is 12.2. The maximum Gasteiger partial charge on any atom is 0.331 e. The zero-order valence-corrected chi connectivity index (χ0v) is 15.3. The molecular formula is C21H22FNO4. The molecule has 0 atom stereocenters. The summed E-state index contributed by atoms with van der Waals surface area (Å²) in [7, 11) is 1.37. The topological polar surface area (TPSA) is 64.6 Å². The summed E-state index contributed by atoms with van der Waals surface area (Å²) in [5, 5.41) is 2.70. The Balaban J connectivity index is 1.72. The fourth-order valence-electron chi connectivity index (χ4n) is 2.41. The van der Waals surface area contributed by atoms with E-state index in [1.165, 1.54) is 30.9 Å². The fraction of sp³-hybridized carbons (Fsp3) is 0.238. The summed E-state index contributed by atoms with van der Waals surface area (Å²) in [5.74, 6) is -1.46. The van der Waals surface area contributed by atoms with Crippen LogP contribution in [0.5, 0.6) is 5.75 Å². The number of ether oxygens (including phenoxy) is 2. The van der Waals surface area contributed by atoms with E-state index in [4.69, 9.17) is 9.47 Å². The molecule has 0 unspecified atom stereocenters. The minimum absolute atomic E-state index is 0.122. The first kappa shape index (κ1) is 20.2. The molecule has 0 aliphatic heterocycles. The molecule has 2 aromatic carbocycles. The molecule has 0 saturated carbocycles. The highest BCUT2D eigenvalue weighted by Crippen LogP contribution is 2.18. The lowest BCUT2D eigenvalue weighted by molar-refractivity contribution is -0.143. The minimum atomic E-state index is -0.680. The van der Waals surface area contributed by atoms with Crippen molar-refractivity contribution in [3.8, 4) is 5.75 Å². The number of halogens is 1. The van der Waals surface area contributed by atoms with E-state index in [2.05, 4.69) is 5.32 Å². The van der Waals surface area contributed by atoms with Gasteiger partial charge in [0, 0.05) is 12.6 Å². The Bertz CT molecular complexity index is 833. The van der Waals surface area contributed by atoms with Crippen LogP contribution in [0.4, 0.5) is 4.39 Å². The van der Waals surface area contributed by atoms with Crippen molar-refractivity contribution in [3.05, 3.63) is 71.0 Å². The third kappa shape index (κ3) is 6.58. The van der Waals surface area contributed by atoms with Crippen molar-refractivity contribution in [2.24, 2.45) is 0 Å². The molecule has 0 aromatic heterocycles. The Morgan fingerprint density at radius 3 is 2.67 bits per heavy atom. The molecule has 1 N–H and O–H groups in total. The van der Waals surface area contributed by atoms with E-state index < -0.39 is 11.8 Å². The largest absolute Gasteiger partial charge is 0.494 e. The van der Waals surface area contributed by atoms with Gasteiger partial charge in [0.05, 0.1) is 7.11 Å². The number of nitrogens with one attached hydrogen (secondary N) is 1. The highest BCUT2D eigenvalue weighted by molar-refractivity contribution is 5.89. The number of aryl methyl sites for hydroxylation is 1. The normalized spacial score (nSPS) is 10.6. The molecule has 0 heterocycles. The number of rotatable bonds is 8. The van der Waals surface area contributed by atoms with Crippen LogP contribution < -0.4 is 10.1 Å². The van der Waals surface area contributed by atoms with Crippen LogP contribution in [0.3, 0.4) is 0 Å². The second-order valence-electron chi connectivity index (χ2n) is 5.86. The summed E-state index contributed by atoms with van der Waals surface area (Å²) < 4.78 is 23.3. The zero-order chi connectivity index (χ0) is 19.6. The lowest BCUT2D eigenvalue weighted by atomic mass is 10.1. The average Bonchev–Trinajstić information content (AvgIpc) is 2.66.